The molecule has 0 saturated carbocycles. The van der Waals surface area contributed by atoms with Crippen LogP contribution < -0.4 is 14.4 Å². The van der Waals surface area contributed by atoms with Gasteiger partial charge in [0.15, 0.2) is 11.5 Å². The van der Waals surface area contributed by atoms with E-state index in [-0.39, 0.29) is 11.9 Å². The largest absolute Gasteiger partial charge is 0.466 e. The third-order valence-corrected chi connectivity index (χ3v) is 3.84. The maximum atomic E-state index is 11.7. The fourth-order valence-electron chi connectivity index (χ4n) is 2.72. The Hall–Kier alpha value is -1.91. The first kappa shape index (κ1) is 13.1. The van der Waals surface area contributed by atoms with Gasteiger partial charge in [-0.3, -0.25) is 4.79 Å². The summed E-state index contributed by atoms with van der Waals surface area (Å²) in [6.45, 7) is 4.33. The predicted molar refractivity (Wildman–Crippen MR) is 74.1 cm³/mol. The molecule has 0 aliphatic carbocycles. The summed E-state index contributed by atoms with van der Waals surface area (Å²) in [5.74, 6) is 1.59. The number of esters is 1. The Balaban J connectivity index is 1.62. The van der Waals surface area contributed by atoms with E-state index in [2.05, 4.69) is 4.90 Å². The fourth-order valence-corrected chi connectivity index (χ4v) is 2.72. The first-order chi connectivity index (χ1) is 9.78. The number of carbonyl (C=O) groups is 1. The smallest absolute Gasteiger partial charge is 0.309 e. The highest BCUT2D eigenvalue weighted by molar-refractivity contribution is 5.73. The maximum absolute atomic E-state index is 11.7. The first-order valence-electron chi connectivity index (χ1n) is 7.09. The molecule has 0 aromatic heterocycles. The summed E-state index contributed by atoms with van der Waals surface area (Å²) in [6.07, 6.45) is 1.68. The van der Waals surface area contributed by atoms with Crippen LogP contribution in [0.2, 0.25) is 0 Å². The monoisotopic (exact) mass is 277 g/mol. The maximum Gasteiger partial charge on any atom is 0.309 e. The van der Waals surface area contributed by atoms with E-state index in [1.165, 1.54) is 0 Å². The van der Waals surface area contributed by atoms with Crippen LogP contribution >= 0.6 is 0 Å². The van der Waals surface area contributed by atoms with Crippen LogP contribution in [0.1, 0.15) is 19.8 Å². The van der Waals surface area contributed by atoms with Crippen molar-refractivity contribution in [3.8, 4) is 11.5 Å². The quantitative estimate of drug-likeness (QED) is 0.793. The Morgan fingerprint density at radius 2 is 2.05 bits per heavy atom. The Kier molecular flexibility index (Phi) is 3.67. The second-order valence-electron chi connectivity index (χ2n) is 5.05. The number of benzene rings is 1. The molecule has 1 aromatic rings. The van der Waals surface area contributed by atoms with Crippen LogP contribution in [0.3, 0.4) is 0 Å². The van der Waals surface area contributed by atoms with Gasteiger partial charge in [-0.15, -0.1) is 0 Å². The Morgan fingerprint density at radius 1 is 1.30 bits per heavy atom. The summed E-state index contributed by atoms with van der Waals surface area (Å²) in [6, 6.07) is 5.99. The predicted octanol–water partition coefficient (Wildman–Crippen LogP) is 2.19. The zero-order chi connectivity index (χ0) is 13.9. The standard InChI is InChI=1S/C15H19NO4/c1-2-18-15(17)11-5-7-16(8-6-11)12-3-4-13-14(9-12)20-10-19-13/h3-4,9,11H,2,5-8,10H2,1H3. The average Bonchev–Trinajstić information content (AvgIpc) is 2.95. The minimum absolute atomic E-state index is 0.0419. The summed E-state index contributed by atoms with van der Waals surface area (Å²) in [7, 11) is 0. The van der Waals surface area contributed by atoms with E-state index in [1.807, 2.05) is 25.1 Å². The highest BCUT2D eigenvalue weighted by atomic mass is 16.7. The van der Waals surface area contributed by atoms with Crippen LogP contribution in [0.4, 0.5) is 5.69 Å². The molecule has 0 bridgehead atoms. The molecule has 0 radical (unpaired) electrons. The van der Waals surface area contributed by atoms with E-state index in [9.17, 15) is 4.79 Å². The molecule has 2 aliphatic rings. The summed E-state index contributed by atoms with van der Waals surface area (Å²) < 4.78 is 15.8. The molecular weight excluding hydrogens is 258 g/mol. The lowest BCUT2D eigenvalue weighted by Crippen LogP contribution is -2.36. The molecule has 0 unspecified atom stereocenters. The van der Waals surface area contributed by atoms with Gasteiger partial charge in [-0.2, -0.15) is 0 Å². The minimum Gasteiger partial charge on any atom is -0.466 e. The zero-order valence-corrected chi connectivity index (χ0v) is 11.6. The topological polar surface area (TPSA) is 48.0 Å². The minimum atomic E-state index is -0.0576. The highest BCUT2D eigenvalue weighted by Crippen LogP contribution is 2.36. The molecule has 20 heavy (non-hydrogen) atoms. The third kappa shape index (κ3) is 2.53. The van der Waals surface area contributed by atoms with Gasteiger partial charge in [-0.05, 0) is 31.9 Å². The van der Waals surface area contributed by atoms with Crippen molar-refractivity contribution in [2.24, 2.45) is 5.92 Å². The summed E-state index contributed by atoms with van der Waals surface area (Å²) in [4.78, 5) is 14.0. The Bertz CT molecular complexity index is 495. The molecule has 1 saturated heterocycles. The van der Waals surface area contributed by atoms with E-state index in [0.717, 1.165) is 43.1 Å². The van der Waals surface area contributed by atoms with Crippen molar-refractivity contribution in [1.82, 2.24) is 0 Å². The molecule has 0 N–H and O–H groups in total. The zero-order valence-electron chi connectivity index (χ0n) is 11.6. The van der Waals surface area contributed by atoms with Crippen molar-refractivity contribution in [2.75, 3.05) is 31.4 Å². The van der Waals surface area contributed by atoms with Gasteiger partial charge in [0.1, 0.15) is 0 Å². The lowest BCUT2D eigenvalue weighted by atomic mass is 9.96. The molecule has 0 spiro atoms. The molecule has 0 amide bonds. The van der Waals surface area contributed by atoms with Crippen molar-refractivity contribution in [3.63, 3.8) is 0 Å². The molecule has 3 rings (SSSR count). The van der Waals surface area contributed by atoms with Crippen molar-refractivity contribution in [2.45, 2.75) is 19.8 Å². The molecule has 2 aliphatic heterocycles. The van der Waals surface area contributed by atoms with Crippen molar-refractivity contribution >= 4 is 11.7 Å². The average molecular weight is 277 g/mol. The second kappa shape index (κ2) is 5.61. The highest BCUT2D eigenvalue weighted by Gasteiger charge is 2.26. The van der Waals surface area contributed by atoms with E-state index in [0.29, 0.717) is 13.4 Å². The van der Waals surface area contributed by atoms with E-state index in [1.54, 1.807) is 0 Å². The summed E-state index contributed by atoms with van der Waals surface area (Å²) in [5.41, 5.74) is 1.12. The van der Waals surface area contributed by atoms with Crippen LogP contribution in [0.15, 0.2) is 18.2 Å². The molecule has 1 aromatic carbocycles. The SMILES string of the molecule is CCOC(=O)C1CCN(c2ccc3c(c2)OCO3)CC1. The van der Waals surface area contributed by atoms with Crippen LogP contribution in [-0.4, -0.2) is 32.5 Å². The lowest BCUT2D eigenvalue weighted by molar-refractivity contribution is -0.148. The van der Waals surface area contributed by atoms with Gasteiger partial charge in [0.05, 0.1) is 12.5 Å². The number of rotatable bonds is 3. The Labute approximate surface area is 118 Å². The normalized spacial score (nSPS) is 18.1. The number of fused-ring (bicyclic) bond motifs is 1. The van der Waals surface area contributed by atoms with E-state index in [4.69, 9.17) is 14.2 Å². The number of piperidine rings is 1. The van der Waals surface area contributed by atoms with E-state index < -0.39 is 0 Å². The number of hydrogen-bond donors (Lipinski definition) is 0. The molecule has 5 heteroatoms. The van der Waals surface area contributed by atoms with Crippen LogP contribution in [0.5, 0.6) is 11.5 Å². The van der Waals surface area contributed by atoms with Gasteiger partial charge in [-0.25, -0.2) is 0 Å². The Morgan fingerprint density at radius 3 is 2.80 bits per heavy atom. The summed E-state index contributed by atoms with van der Waals surface area (Å²) >= 11 is 0. The second-order valence-corrected chi connectivity index (χ2v) is 5.05. The number of ether oxygens (including phenoxy) is 3. The molecule has 0 atom stereocenters. The van der Waals surface area contributed by atoms with Gasteiger partial charge < -0.3 is 19.1 Å². The van der Waals surface area contributed by atoms with Gasteiger partial charge in [0.25, 0.3) is 0 Å². The van der Waals surface area contributed by atoms with Gasteiger partial charge in [-0.1, -0.05) is 0 Å². The number of nitrogens with zero attached hydrogens (tertiary/aromatic N) is 1. The third-order valence-electron chi connectivity index (χ3n) is 3.84. The van der Waals surface area contributed by atoms with E-state index >= 15 is 0 Å². The molecular formula is C15H19NO4. The van der Waals surface area contributed by atoms with Crippen molar-refractivity contribution in [3.05, 3.63) is 18.2 Å². The number of carbonyl (C=O) groups excluding carboxylic acids is 1. The number of anilines is 1. The van der Waals surface area contributed by atoms with Crippen molar-refractivity contribution < 1.29 is 19.0 Å². The fraction of sp³-hybridized carbons (Fsp3) is 0.533. The number of hydrogen-bond acceptors (Lipinski definition) is 5. The van der Waals surface area contributed by atoms with Gasteiger partial charge in [0, 0.05) is 24.8 Å². The van der Waals surface area contributed by atoms with Gasteiger partial charge >= 0.3 is 5.97 Å². The molecule has 2 heterocycles. The van der Waals surface area contributed by atoms with Crippen LogP contribution in [0.25, 0.3) is 0 Å². The lowest BCUT2D eigenvalue weighted by Gasteiger charge is -2.32. The van der Waals surface area contributed by atoms with Crippen LogP contribution in [0, 0.1) is 5.92 Å². The molecule has 108 valence electrons. The van der Waals surface area contributed by atoms with Gasteiger partial charge in [0.2, 0.25) is 6.79 Å². The summed E-state index contributed by atoms with van der Waals surface area (Å²) in [5, 5.41) is 0. The molecule has 1 fully saturated rings. The first-order valence-corrected chi connectivity index (χ1v) is 7.09. The van der Waals surface area contributed by atoms with Crippen LogP contribution in [-0.2, 0) is 9.53 Å². The van der Waals surface area contributed by atoms with Crippen molar-refractivity contribution in [1.29, 1.82) is 0 Å². The molecule has 5 nitrogen and oxygen atoms in total.